The fraction of sp³-hybridized carbons (Fsp3) is 0.556. The van der Waals surface area contributed by atoms with Crippen LogP contribution < -0.4 is 9.62 Å². The second-order valence-corrected chi connectivity index (χ2v) is 8.99. The van der Waals surface area contributed by atoms with Crippen LogP contribution in [-0.4, -0.2) is 70.0 Å². The first-order chi connectivity index (χ1) is 14.0. The van der Waals surface area contributed by atoms with Gasteiger partial charge in [0.2, 0.25) is 10.0 Å². The second-order valence-electron chi connectivity index (χ2n) is 7.22. The third-order valence-electron chi connectivity index (χ3n) is 4.82. The molecule has 0 saturated carbocycles. The number of piperidine rings is 1. The third-order valence-corrected chi connectivity index (χ3v) is 6.22. The van der Waals surface area contributed by atoms with E-state index in [2.05, 4.69) is 0 Å². The highest BCUT2D eigenvalue weighted by molar-refractivity contribution is 7.89. The van der Waals surface area contributed by atoms with Gasteiger partial charge in [0.25, 0.3) is 11.6 Å². The molecule has 0 aliphatic carbocycles. The molecule has 1 N–H and O–H groups in total. The minimum absolute atomic E-state index is 0.0735. The minimum Gasteiger partial charge on any atom is -0.455 e. The van der Waals surface area contributed by atoms with Crippen molar-refractivity contribution in [1.29, 1.82) is 0 Å². The zero-order valence-corrected chi connectivity index (χ0v) is 18.0. The molecule has 1 aromatic rings. The van der Waals surface area contributed by atoms with Crippen molar-refractivity contribution in [3.63, 3.8) is 0 Å². The fourth-order valence-corrected chi connectivity index (χ4v) is 4.17. The zero-order valence-electron chi connectivity index (χ0n) is 17.2. The van der Waals surface area contributed by atoms with E-state index in [0.717, 1.165) is 25.3 Å². The summed E-state index contributed by atoms with van der Waals surface area (Å²) in [6.07, 6.45) is 2.82. The first-order valence-electron chi connectivity index (χ1n) is 9.43. The van der Waals surface area contributed by atoms with E-state index in [1.54, 1.807) is 19.0 Å². The van der Waals surface area contributed by atoms with Gasteiger partial charge in [0, 0.05) is 32.7 Å². The highest BCUT2D eigenvalue weighted by Crippen LogP contribution is 2.29. The number of carbonyl (C=O) groups is 2. The Morgan fingerprint density at radius 1 is 1.33 bits per heavy atom. The standard InChI is InChI=1S/C18H26N4O7S/c1-13-6-4-5-9-21(13)17(23)12-29-18(24)11-19-30(27,28)14-7-8-15(20(2)3)16(10-14)22(25)26/h7-8,10,13,19H,4-6,9,11-12H2,1-3H3. The van der Waals surface area contributed by atoms with Crippen LogP contribution in [0.1, 0.15) is 26.2 Å². The number of rotatable bonds is 8. The number of hydrogen-bond donors (Lipinski definition) is 1. The molecule has 12 heteroatoms. The Labute approximate surface area is 175 Å². The molecule has 0 aromatic heterocycles. The topological polar surface area (TPSA) is 139 Å². The van der Waals surface area contributed by atoms with Gasteiger partial charge in [-0.05, 0) is 38.3 Å². The first-order valence-corrected chi connectivity index (χ1v) is 10.9. The van der Waals surface area contributed by atoms with Gasteiger partial charge in [-0.25, -0.2) is 8.42 Å². The van der Waals surface area contributed by atoms with Crippen molar-refractivity contribution in [3.05, 3.63) is 28.3 Å². The number of benzene rings is 1. The van der Waals surface area contributed by atoms with Gasteiger partial charge in [-0.1, -0.05) is 0 Å². The van der Waals surface area contributed by atoms with Gasteiger partial charge in [0.1, 0.15) is 12.2 Å². The molecule has 1 aliphatic rings. The smallest absolute Gasteiger partial charge is 0.321 e. The van der Waals surface area contributed by atoms with Gasteiger partial charge < -0.3 is 14.5 Å². The maximum Gasteiger partial charge on any atom is 0.321 e. The number of nitro groups is 1. The van der Waals surface area contributed by atoms with Crippen LogP contribution in [0.5, 0.6) is 0 Å². The van der Waals surface area contributed by atoms with Crippen molar-refractivity contribution in [2.75, 3.05) is 38.7 Å². The summed E-state index contributed by atoms with van der Waals surface area (Å²) >= 11 is 0. The molecule has 0 bridgehead atoms. The van der Waals surface area contributed by atoms with Gasteiger partial charge in [0.05, 0.1) is 9.82 Å². The fourth-order valence-electron chi connectivity index (χ4n) is 3.18. The number of esters is 1. The Morgan fingerprint density at radius 2 is 2.03 bits per heavy atom. The van der Waals surface area contributed by atoms with Crippen molar-refractivity contribution in [1.82, 2.24) is 9.62 Å². The number of hydrogen-bond acceptors (Lipinski definition) is 8. The molecular weight excluding hydrogens is 416 g/mol. The Morgan fingerprint density at radius 3 is 2.63 bits per heavy atom. The molecular formula is C18H26N4O7S. The molecule has 1 heterocycles. The lowest BCUT2D eigenvalue weighted by molar-refractivity contribution is -0.384. The minimum atomic E-state index is -4.19. The first kappa shape index (κ1) is 23.5. The molecule has 30 heavy (non-hydrogen) atoms. The maximum absolute atomic E-state index is 12.4. The monoisotopic (exact) mass is 442 g/mol. The second kappa shape index (κ2) is 9.85. The molecule has 1 amide bonds. The Bertz CT molecular complexity index is 917. The molecule has 1 aliphatic heterocycles. The number of anilines is 1. The van der Waals surface area contributed by atoms with Crippen LogP contribution in [0.2, 0.25) is 0 Å². The van der Waals surface area contributed by atoms with Gasteiger partial charge in [0.15, 0.2) is 6.61 Å². The molecule has 0 spiro atoms. The third kappa shape index (κ3) is 5.89. The van der Waals surface area contributed by atoms with E-state index in [-0.39, 0.29) is 28.2 Å². The number of nitrogens with zero attached hydrogens (tertiary/aromatic N) is 3. The number of sulfonamides is 1. The largest absolute Gasteiger partial charge is 0.455 e. The van der Waals surface area contributed by atoms with Crippen LogP contribution in [0.15, 0.2) is 23.1 Å². The highest BCUT2D eigenvalue weighted by atomic mass is 32.2. The number of likely N-dealkylation sites (tertiary alicyclic amines) is 1. The molecule has 1 unspecified atom stereocenters. The lowest BCUT2D eigenvalue weighted by Crippen LogP contribution is -2.44. The SMILES string of the molecule is CC1CCCCN1C(=O)COC(=O)CNS(=O)(=O)c1ccc(N(C)C)c([N+](=O)[O-])c1. The number of nitro benzene ring substituents is 1. The van der Waals surface area contributed by atoms with E-state index in [1.807, 2.05) is 11.6 Å². The number of amides is 1. The summed E-state index contributed by atoms with van der Waals surface area (Å²) in [6, 6.07) is 3.51. The Kier molecular flexibility index (Phi) is 7.73. The van der Waals surface area contributed by atoms with E-state index in [9.17, 15) is 28.1 Å². The average molecular weight is 442 g/mol. The maximum atomic E-state index is 12.4. The predicted octanol–water partition coefficient (Wildman–Crippen LogP) is 0.883. The van der Waals surface area contributed by atoms with Crippen LogP contribution in [0.4, 0.5) is 11.4 Å². The lowest BCUT2D eigenvalue weighted by atomic mass is 10.0. The number of ether oxygens (including phenoxy) is 1. The van der Waals surface area contributed by atoms with Crippen LogP contribution in [0, 0.1) is 10.1 Å². The molecule has 1 saturated heterocycles. The van der Waals surface area contributed by atoms with Gasteiger partial charge in [-0.15, -0.1) is 0 Å². The molecule has 11 nitrogen and oxygen atoms in total. The van der Waals surface area contributed by atoms with E-state index >= 15 is 0 Å². The summed E-state index contributed by atoms with van der Waals surface area (Å²) in [5.74, 6) is -1.25. The van der Waals surface area contributed by atoms with Crippen LogP contribution in [0.25, 0.3) is 0 Å². The number of carbonyl (C=O) groups excluding carboxylic acids is 2. The van der Waals surface area contributed by atoms with Gasteiger partial charge in [-0.3, -0.25) is 19.7 Å². The van der Waals surface area contributed by atoms with Gasteiger partial charge in [-0.2, -0.15) is 4.72 Å². The normalized spacial score (nSPS) is 16.8. The van der Waals surface area contributed by atoms with Crippen molar-refractivity contribution in [2.45, 2.75) is 37.1 Å². The van der Waals surface area contributed by atoms with Crippen LogP contribution >= 0.6 is 0 Å². The molecule has 1 atom stereocenters. The summed E-state index contributed by atoms with van der Waals surface area (Å²) in [7, 11) is -1.00. The van der Waals surface area contributed by atoms with E-state index in [1.165, 1.54) is 17.0 Å². The lowest BCUT2D eigenvalue weighted by Gasteiger charge is -2.33. The van der Waals surface area contributed by atoms with E-state index in [4.69, 9.17) is 4.74 Å². The molecule has 1 aromatic carbocycles. The van der Waals surface area contributed by atoms with Crippen LogP contribution in [0.3, 0.4) is 0 Å². The number of nitrogens with one attached hydrogen (secondary N) is 1. The molecule has 166 valence electrons. The molecule has 1 fully saturated rings. The average Bonchev–Trinajstić information content (AvgIpc) is 2.70. The van der Waals surface area contributed by atoms with Crippen molar-refractivity contribution in [3.8, 4) is 0 Å². The Hall–Kier alpha value is -2.73. The highest BCUT2D eigenvalue weighted by Gasteiger charge is 2.25. The summed E-state index contributed by atoms with van der Waals surface area (Å²) in [5.41, 5.74) is -0.143. The summed E-state index contributed by atoms with van der Waals surface area (Å²) in [4.78, 5) is 37.4. The summed E-state index contributed by atoms with van der Waals surface area (Å²) in [5, 5.41) is 11.2. The quantitative estimate of drug-likeness (QED) is 0.356. The van der Waals surface area contributed by atoms with Crippen molar-refractivity contribution in [2.24, 2.45) is 0 Å². The molecule has 2 rings (SSSR count). The van der Waals surface area contributed by atoms with E-state index in [0.29, 0.717) is 6.54 Å². The van der Waals surface area contributed by atoms with Gasteiger partial charge >= 0.3 is 5.97 Å². The van der Waals surface area contributed by atoms with Crippen molar-refractivity contribution >= 4 is 33.3 Å². The van der Waals surface area contributed by atoms with E-state index < -0.39 is 34.1 Å². The van der Waals surface area contributed by atoms with Crippen molar-refractivity contribution < 1.29 is 27.7 Å². The summed E-state index contributed by atoms with van der Waals surface area (Å²) in [6.45, 7) is 1.36. The predicted molar refractivity (Wildman–Crippen MR) is 109 cm³/mol. The summed E-state index contributed by atoms with van der Waals surface area (Å²) < 4.78 is 31.7. The van der Waals surface area contributed by atoms with Crippen LogP contribution in [-0.2, 0) is 24.3 Å². The zero-order chi connectivity index (χ0) is 22.5. The molecule has 0 radical (unpaired) electrons. The Balaban J connectivity index is 1.96.